The molecule has 2 amide bonds. The smallest absolute Gasteiger partial charge is 0.255 e. The number of hydrogen-bond donors (Lipinski definition) is 2. The number of anilines is 2. The molecule has 0 spiro atoms. The summed E-state index contributed by atoms with van der Waals surface area (Å²) in [5, 5.41) is 14.9. The highest BCUT2D eigenvalue weighted by atomic mass is 35.5. The second-order valence-corrected chi connectivity index (χ2v) is 8.17. The fourth-order valence-corrected chi connectivity index (χ4v) is 3.95. The van der Waals surface area contributed by atoms with Crippen LogP contribution in [-0.4, -0.2) is 26.6 Å². The maximum Gasteiger partial charge on any atom is 0.255 e. The Hall–Kier alpha value is -3.19. The lowest BCUT2D eigenvalue weighted by atomic mass is 10.1. The van der Waals surface area contributed by atoms with Gasteiger partial charge in [-0.1, -0.05) is 24.1 Å². The number of carbonyl (C=O) groups excluding carboxylic acids is 2. The van der Waals surface area contributed by atoms with Crippen LogP contribution in [0.4, 0.5) is 11.4 Å². The van der Waals surface area contributed by atoms with Gasteiger partial charge in [-0.3, -0.25) is 9.59 Å². The molecule has 0 bridgehead atoms. The second-order valence-electron chi connectivity index (χ2n) is 7.76. The summed E-state index contributed by atoms with van der Waals surface area (Å²) in [5.74, 6) is 1.24. The largest absolute Gasteiger partial charge is 0.326 e. The Balaban J connectivity index is 1.60. The zero-order valence-electron chi connectivity index (χ0n) is 17.5. The van der Waals surface area contributed by atoms with Crippen LogP contribution >= 0.6 is 11.6 Å². The van der Waals surface area contributed by atoms with Crippen molar-refractivity contribution in [2.24, 2.45) is 0 Å². The maximum atomic E-state index is 12.8. The zero-order valence-corrected chi connectivity index (χ0v) is 18.3. The first-order valence-corrected chi connectivity index (χ1v) is 10.7. The molecule has 2 heterocycles. The highest BCUT2D eigenvalue weighted by molar-refractivity contribution is 6.33. The Morgan fingerprint density at radius 1 is 1.03 bits per heavy atom. The third kappa shape index (κ3) is 4.61. The zero-order chi connectivity index (χ0) is 22.0. The molecule has 8 heteroatoms. The van der Waals surface area contributed by atoms with Gasteiger partial charge in [-0.2, -0.15) is 0 Å². The monoisotopic (exact) mass is 437 g/mol. The van der Waals surface area contributed by atoms with Crippen molar-refractivity contribution in [3.63, 3.8) is 0 Å². The number of hydrogen-bond acceptors (Lipinski definition) is 4. The van der Waals surface area contributed by atoms with Gasteiger partial charge >= 0.3 is 0 Å². The average Bonchev–Trinajstić information content (AvgIpc) is 2.98. The van der Waals surface area contributed by atoms with E-state index in [1.165, 1.54) is 13.3 Å². The number of fused-ring (bicyclic) bond motifs is 1. The molecule has 0 saturated carbocycles. The molecule has 0 radical (unpaired) electrons. The molecule has 4 rings (SSSR count). The van der Waals surface area contributed by atoms with E-state index in [9.17, 15) is 9.59 Å². The molecule has 0 saturated heterocycles. The molecule has 160 valence electrons. The van der Waals surface area contributed by atoms with Crippen LogP contribution in [0.15, 0.2) is 36.4 Å². The number of aromatic nitrogens is 3. The molecule has 0 atom stereocenters. The normalized spacial score (nSPS) is 13.3. The van der Waals surface area contributed by atoms with Gasteiger partial charge in [-0.15, -0.1) is 10.2 Å². The summed E-state index contributed by atoms with van der Waals surface area (Å²) in [6.45, 7) is 4.17. The van der Waals surface area contributed by atoms with Gasteiger partial charge in [-0.25, -0.2) is 0 Å². The predicted octanol–water partition coefficient (Wildman–Crippen LogP) is 4.84. The Kier molecular flexibility index (Phi) is 6.04. The lowest BCUT2D eigenvalue weighted by molar-refractivity contribution is -0.114. The van der Waals surface area contributed by atoms with Crippen LogP contribution in [0.3, 0.4) is 0 Å². The summed E-state index contributed by atoms with van der Waals surface area (Å²) in [4.78, 5) is 24.2. The molecule has 0 aliphatic carbocycles. The van der Waals surface area contributed by atoms with Crippen LogP contribution in [0.1, 0.15) is 47.9 Å². The summed E-state index contributed by atoms with van der Waals surface area (Å²) >= 11 is 6.48. The lowest BCUT2D eigenvalue weighted by Crippen LogP contribution is -2.14. The molecule has 1 aliphatic rings. The number of halogens is 1. The average molecular weight is 438 g/mol. The molecular formula is C23H24ClN5O2. The topological polar surface area (TPSA) is 88.9 Å². The molecule has 7 nitrogen and oxygen atoms in total. The van der Waals surface area contributed by atoms with E-state index in [4.69, 9.17) is 11.6 Å². The van der Waals surface area contributed by atoms with E-state index in [0.717, 1.165) is 48.6 Å². The van der Waals surface area contributed by atoms with Crippen LogP contribution in [0.2, 0.25) is 5.02 Å². The van der Waals surface area contributed by atoms with Crippen LogP contribution in [-0.2, 0) is 17.8 Å². The summed E-state index contributed by atoms with van der Waals surface area (Å²) < 4.78 is 2.12. The van der Waals surface area contributed by atoms with Gasteiger partial charge in [0.15, 0.2) is 5.82 Å². The minimum absolute atomic E-state index is 0.185. The van der Waals surface area contributed by atoms with Gasteiger partial charge in [0.2, 0.25) is 5.91 Å². The van der Waals surface area contributed by atoms with Gasteiger partial charge in [-0.05, 0) is 55.7 Å². The van der Waals surface area contributed by atoms with Crippen molar-refractivity contribution in [3.05, 3.63) is 58.4 Å². The Labute approximate surface area is 185 Å². The van der Waals surface area contributed by atoms with E-state index in [0.29, 0.717) is 22.0 Å². The molecule has 1 aliphatic heterocycles. The number of nitrogens with one attached hydrogen (secondary N) is 2. The molecular weight excluding hydrogens is 414 g/mol. The van der Waals surface area contributed by atoms with E-state index in [1.54, 1.807) is 30.3 Å². The predicted molar refractivity (Wildman–Crippen MR) is 121 cm³/mol. The van der Waals surface area contributed by atoms with E-state index >= 15 is 0 Å². The molecule has 0 unspecified atom stereocenters. The van der Waals surface area contributed by atoms with Crippen molar-refractivity contribution in [3.8, 4) is 11.4 Å². The summed E-state index contributed by atoms with van der Waals surface area (Å²) in [5.41, 5.74) is 3.29. The molecule has 3 aromatic rings. The molecule has 2 N–H and O–H groups in total. The van der Waals surface area contributed by atoms with Crippen LogP contribution in [0, 0.1) is 6.92 Å². The van der Waals surface area contributed by atoms with Crippen LogP contribution < -0.4 is 10.6 Å². The minimum Gasteiger partial charge on any atom is -0.326 e. The Morgan fingerprint density at radius 2 is 1.87 bits per heavy atom. The number of carbonyl (C=O) groups is 2. The number of rotatable bonds is 4. The second kappa shape index (κ2) is 8.89. The molecule has 0 fully saturated rings. The highest BCUT2D eigenvalue weighted by Gasteiger charge is 2.19. The van der Waals surface area contributed by atoms with E-state index in [1.807, 2.05) is 13.0 Å². The van der Waals surface area contributed by atoms with Gasteiger partial charge in [0, 0.05) is 42.4 Å². The molecule has 2 aromatic carbocycles. The summed E-state index contributed by atoms with van der Waals surface area (Å²) in [6.07, 6.45) is 4.27. The quantitative estimate of drug-likeness (QED) is 0.611. The number of amides is 2. The molecule has 1 aromatic heterocycles. The first-order chi connectivity index (χ1) is 14.9. The fourth-order valence-electron chi connectivity index (χ4n) is 3.75. The maximum absolute atomic E-state index is 12.8. The van der Waals surface area contributed by atoms with Gasteiger partial charge < -0.3 is 15.2 Å². The Morgan fingerprint density at radius 3 is 2.68 bits per heavy atom. The first-order valence-electron chi connectivity index (χ1n) is 10.3. The van der Waals surface area contributed by atoms with E-state index in [-0.39, 0.29) is 11.8 Å². The van der Waals surface area contributed by atoms with Crippen molar-refractivity contribution >= 4 is 34.8 Å². The SMILES string of the molecule is CC(=O)Nc1cc(C(=O)Nc2ccc(Cl)c(-c3nnc4n3CCCCC4)c2)ccc1C. The number of nitrogens with zero attached hydrogens (tertiary/aromatic N) is 3. The lowest BCUT2D eigenvalue weighted by Gasteiger charge is -2.12. The van der Waals surface area contributed by atoms with Crippen molar-refractivity contribution in [2.45, 2.75) is 46.1 Å². The van der Waals surface area contributed by atoms with E-state index in [2.05, 4.69) is 25.4 Å². The van der Waals surface area contributed by atoms with Gasteiger partial charge in [0.05, 0.1) is 5.02 Å². The fraction of sp³-hybridized carbons (Fsp3) is 0.304. The number of aryl methyl sites for hydroxylation is 2. The van der Waals surface area contributed by atoms with Crippen molar-refractivity contribution < 1.29 is 9.59 Å². The van der Waals surface area contributed by atoms with Crippen LogP contribution in [0.5, 0.6) is 0 Å². The van der Waals surface area contributed by atoms with E-state index < -0.39 is 0 Å². The van der Waals surface area contributed by atoms with Crippen molar-refractivity contribution in [1.29, 1.82) is 0 Å². The Bertz CT molecular complexity index is 1150. The third-order valence-corrected chi connectivity index (χ3v) is 5.71. The first kappa shape index (κ1) is 21.1. The molecule has 31 heavy (non-hydrogen) atoms. The standard InChI is InChI=1S/C23H24ClN5O2/c1-14-7-8-16(12-20(14)25-15(2)30)23(31)26-17-9-10-19(24)18(13-17)22-28-27-21-6-4-3-5-11-29(21)22/h7-10,12-13H,3-6,11H2,1-2H3,(H,25,30)(H,26,31). The number of benzene rings is 2. The highest BCUT2D eigenvalue weighted by Crippen LogP contribution is 2.31. The summed E-state index contributed by atoms with van der Waals surface area (Å²) in [7, 11) is 0. The third-order valence-electron chi connectivity index (χ3n) is 5.39. The summed E-state index contributed by atoms with van der Waals surface area (Å²) in [6, 6.07) is 10.5. The van der Waals surface area contributed by atoms with Gasteiger partial charge in [0.25, 0.3) is 5.91 Å². The van der Waals surface area contributed by atoms with Crippen LogP contribution in [0.25, 0.3) is 11.4 Å². The minimum atomic E-state index is -0.278. The van der Waals surface area contributed by atoms with Gasteiger partial charge in [0.1, 0.15) is 5.82 Å². The van der Waals surface area contributed by atoms with Crippen molar-refractivity contribution in [1.82, 2.24) is 14.8 Å². The van der Waals surface area contributed by atoms with Crippen molar-refractivity contribution in [2.75, 3.05) is 10.6 Å².